The molecule has 0 saturated carbocycles. The van der Waals surface area contributed by atoms with Crippen LogP contribution in [0.3, 0.4) is 0 Å². The molecular formula is C46H28O. The molecule has 47 heavy (non-hydrogen) atoms. The van der Waals surface area contributed by atoms with E-state index in [0.717, 1.165) is 33.1 Å². The van der Waals surface area contributed by atoms with Crippen LogP contribution in [0.1, 0.15) is 0 Å². The Morgan fingerprint density at radius 2 is 0.830 bits per heavy atom. The molecule has 1 heterocycles. The predicted octanol–water partition coefficient (Wildman–Crippen LogP) is 13.2. The van der Waals surface area contributed by atoms with E-state index >= 15 is 0 Å². The second kappa shape index (κ2) is 10.2. The van der Waals surface area contributed by atoms with Gasteiger partial charge in [-0.2, -0.15) is 0 Å². The molecule has 0 saturated heterocycles. The molecule has 1 aromatic heterocycles. The summed E-state index contributed by atoms with van der Waals surface area (Å²) in [5.74, 6) is 0. The van der Waals surface area contributed by atoms with Gasteiger partial charge in [0.2, 0.25) is 0 Å². The molecule has 0 N–H and O–H groups in total. The molecule has 10 aromatic rings. The zero-order valence-electron chi connectivity index (χ0n) is 25.6. The molecule has 0 aliphatic carbocycles. The Labute approximate surface area is 272 Å². The van der Waals surface area contributed by atoms with Crippen molar-refractivity contribution in [2.24, 2.45) is 0 Å². The van der Waals surface area contributed by atoms with Crippen molar-refractivity contribution in [1.29, 1.82) is 0 Å². The van der Waals surface area contributed by atoms with Gasteiger partial charge in [0.1, 0.15) is 11.2 Å². The van der Waals surface area contributed by atoms with Crippen LogP contribution in [0.25, 0.3) is 98.8 Å². The molecule has 0 atom stereocenters. The first kappa shape index (κ1) is 26.1. The Balaban J connectivity index is 1.16. The number of furan rings is 1. The van der Waals surface area contributed by atoms with Gasteiger partial charge in [0, 0.05) is 16.3 Å². The summed E-state index contributed by atoms with van der Waals surface area (Å²) in [5.41, 5.74) is 11.5. The highest BCUT2D eigenvalue weighted by Gasteiger charge is 2.18. The molecule has 1 nitrogen and oxygen atoms in total. The molecule has 0 unspecified atom stereocenters. The van der Waals surface area contributed by atoms with Crippen molar-refractivity contribution in [3.63, 3.8) is 0 Å². The van der Waals surface area contributed by atoms with Crippen LogP contribution in [0.4, 0.5) is 0 Å². The van der Waals surface area contributed by atoms with E-state index in [0.29, 0.717) is 0 Å². The first-order valence-electron chi connectivity index (χ1n) is 16.2. The number of para-hydroxylation sites is 2. The summed E-state index contributed by atoms with van der Waals surface area (Å²) >= 11 is 0. The fourth-order valence-electron chi connectivity index (χ4n) is 7.59. The number of rotatable bonds is 4. The summed E-state index contributed by atoms with van der Waals surface area (Å²) in [6.07, 6.45) is 0. The van der Waals surface area contributed by atoms with E-state index in [4.69, 9.17) is 4.42 Å². The lowest BCUT2D eigenvalue weighted by Gasteiger charge is -2.18. The van der Waals surface area contributed by atoms with Crippen LogP contribution in [0.15, 0.2) is 174 Å². The Bertz CT molecular complexity index is 2730. The lowest BCUT2D eigenvalue weighted by molar-refractivity contribution is 0.670. The Kier molecular flexibility index (Phi) is 5.64. The smallest absolute Gasteiger partial charge is 0.143 e. The molecular weight excluding hydrogens is 569 g/mol. The predicted molar refractivity (Wildman–Crippen MR) is 199 cm³/mol. The van der Waals surface area contributed by atoms with Gasteiger partial charge in [0.25, 0.3) is 0 Å². The Morgan fingerprint density at radius 3 is 1.51 bits per heavy atom. The largest absolute Gasteiger partial charge is 0.455 e. The fourth-order valence-corrected chi connectivity index (χ4v) is 7.59. The maximum absolute atomic E-state index is 6.38. The lowest BCUT2D eigenvalue weighted by atomic mass is 9.85. The molecule has 0 fully saturated rings. The highest BCUT2D eigenvalue weighted by molar-refractivity contribution is 6.28. The monoisotopic (exact) mass is 596 g/mol. The summed E-state index contributed by atoms with van der Waals surface area (Å²) in [4.78, 5) is 0. The number of fused-ring (bicyclic) bond motifs is 3. The van der Waals surface area contributed by atoms with Crippen LogP contribution < -0.4 is 0 Å². The van der Waals surface area contributed by atoms with Gasteiger partial charge >= 0.3 is 0 Å². The van der Waals surface area contributed by atoms with Crippen molar-refractivity contribution in [2.75, 3.05) is 0 Å². The highest BCUT2D eigenvalue weighted by Crippen LogP contribution is 2.45. The molecule has 0 spiro atoms. The molecule has 1 heteroatoms. The average Bonchev–Trinajstić information content (AvgIpc) is 3.53. The fraction of sp³-hybridized carbons (Fsp3) is 0. The van der Waals surface area contributed by atoms with Gasteiger partial charge in [-0.25, -0.2) is 0 Å². The van der Waals surface area contributed by atoms with Crippen LogP contribution in [0, 0.1) is 0 Å². The molecule has 0 amide bonds. The molecule has 0 radical (unpaired) electrons. The third kappa shape index (κ3) is 4.03. The normalized spacial score (nSPS) is 11.8. The standard InChI is InChI=1S/C46H28O/c1-2-8-29(9-3-1)30-16-18-32(19-17-30)41-28-42(39-27-25-35-11-6-10-34-24-26-38(41)45(39)44(34)35)33-22-20-31(21-23-33)36-13-7-14-40-37-12-4-5-15-43(37)47-46(36)40/h1-28H. The topological polar surface area (TPSA) is 13.1 Å². The SMILES string of the molecule is c1ccc(-c2ccc(-c3cc(-c4ccc(-c5cccc6c5oc5ccccc56)cc4)c4ccc5cccc6ccc3c4c65)cc2)cc1. The van der Waals surface area contributed by atoms with E-state index in [2.05, 4.69) is 158 Å². The average molecular weight is 597 g/mol. The van der Waals surface area contributed by atoms with Crippen LogP contribution in [0.5, 0.6) is 0 Å². The van der Waals surface area contributed by atoms with Gasteiger partial charge in [0.15, 0.2) is 0 Å². The first-order valence-corrected chi connectivity index (χ1v) is 16.2. The Morgan fingerprint density at radius 1 is 0.298 bits per heavy atom. The Hall–Kier alpha value is -6.18. The number of hydrogen-bond acceptors (Lipinski definition) is 1. The van der Waals surface area contributed by atoms with Crippen molar-refractivity contribution in [2.45, 2.75) is 0 Å². The van der Waals surface area contributed by atoms with Crippen molar-refractivity contribution in [1.82, 2.24) is 0 Å². The molecule has 10 rings (SSSR count). The third-order valence-corrected chi connectivity index (χ3v) is 9.86. The summed E-state index contributed by atoms with van der Waals surface area (Å²) < 4.78 is 6.38. The van der Waals surface area contributed by atoms with E-state index in [1.54, 1.807) is 0 Å². The van der Waals surface area contributed by atoms with Crippen molar-refractivity contribution < 1.29 is 4.42 Å². The summed E-state index contributed by atoms with van der Waals surface area (Å²) in [7, 11) is 0. The zero-order chi connectivity index (χ0) is 30.9. The van der Waals surface area contributed by atoms with Crippen LogP contribution >= 0.6 is 0 Å². The van der Waals surface area contributed by atoms with Crippen molar-refractivity contribution in [3.05, 3.63) is 170 Å². The van der Waals surface area contributed by atoms with Gasteiger partial charge in [-0.15, -0.1) is 0 Å². The van der Waals surface area contributed by atoms with Gasteiger partial charge in [-0.3, -0.25) is 0 Å². The summed E-state index contributed by atoms with van der Waals surface area (Å²) in [5, 5.41) is 10.1. The van der Waals surface area contributed by atoms with Crippen molar-refractivity contribution >= 4 is 54.3 Å². The van der Waals surface area contributed by atoms with Crippen LogP contribution in [-0.4, -0.2) is 0 Å². The van der Waals surface area contributed by atoms with Gasteiger partial charge < -0.3 is 4.42 Å². The van der Waals surface area contributed by atoms with E-state index < -0.39 is 0 Å². The minimum Gasteiger partial charge on any atom is -0.455 e. The summed E-state index contributed by atoms with van der Waals surface area (Å²) in [6, 6.07) is 61.6. The van der Waals surface area contributed by atoms with Gasteiger partial charge in [0.05, 0.1) is 0 Å². The number of benzene rings is 9. The van der Waals surface area contributed by atoms with Crippen LogP contribution in [-0.2, 0) is 0 Å². The van der Waals surface area contributed by atoms with Crippen LogP contribution in [0.2, 0.25) is 0 Å². The molecule has 9 aromatic carbocycles. The lowest BCUT2D eigenvalue weighted by Crippen LogP contribution is -1.91. The second-order valence-corrected chi connectivity index (χ2v) is 12.5. The third-order valence-electron chi connectivity index (χ3n) is 9.86. The quantitative estimate of drug-likeness (QED) is 0.184. The van der Waals surface area contributed by atoms with E-state index in [9.17, 15) is 0 Å². The van der Waals surface area contributed by atoms with E-state index in [1.165, 1.54) is 65.7 Å². The van der Waals surface area contributed by atoms with Gasteiger partial charge in [-0.05, 0) is 83.4 Å². The number of hydrogen-bond donors (Lipinski definition) is 0. The molecule has 218 valence electrons. The zero-order valence-corrected chi connectivity index (χ0v) is 25.6. The molecule has 0 aliphatic heterocycles. The second-order valence-electron chi connectivity index (χ2n) is 12.5. The van der Waals surface area contributed by atoms with Gasteiger partial charge in [-0.1, -0.05) is 158 Å². The highest BCUT2D eigenvalue weighted by atomic mass is 16.3. The van der Waals surface area contributed by atoms with E-state index in [-0.39, 0.29) is 0 Å². The minimum absolute atomic E-state index is 0.921. The van der Waals surface area contributed by atoms with E-state index in [1.807, 2.05) is 12.1 Å². The molecule has 0 aliphatic rings. The first-order chi connectivity index (χ1) is 23.3. The minimum atomic E-state index is 0.921. The molecule has 0 bridgehead atoms. The summed E-state index contributed by atoms with van der Waals surface area (Å²) in [6.45, 7) is 0. The maximum Gasteiger partial charge on any atom is 0.143 e. The van der Waals surface area contributed by atoms with Crippen molar-refractivity contribution in [3.8, 4) is 44.5 Å². The maximum atomic E-state index is 6.38.